The summed E-state index contributed by atoms with van der Waals surface area (Å²) in [4.78, 5) is 112. The molecule has 24 heteroatoms. The van der Waals surface area contributed by atoms with E-state index in [1.165, 1.54) is 24.0 Å². The quantitative estimate of drug-likeness (QED) is 0.0419. The normalized spacial score (nSPS) is 12.9. The fourth-order valence-corrected chi connectivity index (χ4v) is 12.3. The van der Waals surface area contributed by atoms with Crippen molar-refractivity contribution in [2.24, 2.45) is 0 Å². The summed E-state index contributed by atoms with van der Waals surface area (Å²) in [6.07, 6.45) is 6.49. The van der Waals surface area contributed by atoms with E-state index < -0.39 is 33.7 Å². The first kappa shape index (κ1) is 68.4. The van der Waals surface area contributed by atoms with Crippen molar-refractivity contribution in [3.8, 4) is 40.3 Å². The summed E-state index contributed by atoms with van der Waals surface area (Å²) in [5.74, 6) is 1.69. The van der Waals surface area contributed by atoms with Crippen LogP contribution < -0.4 is 49.1 Å². The van der Waals surface area contributed by atoms with Crippen LogP contribution >= 0.6 is 11.6 Å². The Balaban J connectivity index is 0.000000149. The number of aromatic nitrogens is 13. The molecule has 0 unspecified atom stereocenters. The van der Waals surface area contributed by atoms with Gasteiger partial charge in [0, 0.05) is 75.2 Å². The molecule has 1 fully saturated rings. The number of pyridine rings is 1. The third-order valence-electron chi connectivity index (χ3n) is 17.9. The molecule has 0 amide bonds. The second-order valence-electron chi connectivity index (χ2n) is 26.6. The predicted octanol–water partition coefficient (Wildman–Crippen LogP) is 9.41. The van der Waals surface area contributed by atoms with Gasteiger partial charge in [-0.05, 0) is 186 Å². The number of hydrogen-bond donors (Lipinski definition) is 5. The first-order valence-electron chi connectivity index (χ1n) is 32.6. The minimum absolute atomic E-state index is 0.121. The van der Waals surface area contributed by atoms with Gasteiger partial charge in [-0.1, -0.05) is 74.8 Å². The molecule has 0 atom stereocenters. The summed E-state index contributed by atoms with van der Waals surface area (Å²) >= 11 is 6.02. The highest BCUT2D eigenvalue weighted by Gasteiger charge is 2.26. The van der Waals surface area contributed by atoms with Gasteiger partial charge in [-0.15, -0.1) is 0 Å². The van der Waals surface area contributed by atoms with E-state index >= 15 is 0 Å². The van der Waals surface area contributed by atoms with Crippen LogP contribution in [0.2, 0.25) is 5.02 Å². The fourth-order valence-electron chi connectivity index (χ4n) is 12.1. The van der Waals surface area contributed by atoms with E-state index in [0.29, 0.717) is 79.8 Å². The topological polar surface area (TPSA) is 291 Å². The maximum absolute atomic E-state index is 12.6. The second-order valence-corrected chi connectivity index (χ2v) is 27.1. The number of H-pyrrole nitrogens is 3. The summed E-state index contributed by atoms with van der Waals surface area (Å²) in [5.41, 5.74) is 11.2. The SMILES string of the molecule is Cc1cc2nc3c(=O)[nH]c(=O)nc-3n(CCN(C)Cc3ccccn3)c2cc1C.Cc1cc2nc3c(=O)[nH]c(=O)nc-3n(CCNC(C)(C)c3ccc(Cl)cc3)c2cc1C.Cc1cc2nc3c(=O)[nH]c(=O)nc-3n(CCNCc3ccc(C(C)(C)C)cc3)c2cc1OC1CCCC1. The van der Waals surface area contributed by atoms with Crippen LogP contribution in [0.25, 0.3) is 67.7 Å². The number of benzene rings is 5. The van der Waals surface area contributed by atoms with Gasteiger partial charge in [0.15, 0.2) is 34.6 Å². The smallest absolute Gasteiger partial charge is 0.349 e. The Morgan fingerprint density at radius 3 is 1.52 bits per heavy atom. The van der Waals surface area contributed by atoms with Crippen LogP contribution in [0.1, 0.15) is 111 Å². The van der Waals surface area contributed by atoms with Gasteiger partial charge in [0.25, 0.3) is 16.7 Å². The largest absolute Gasteiger partial charge is 0.490 e. The molecule has 7 aliphatic rings. The standard InChI is InChI=1S/C29H35N5O3.C23H24ClN5O2.C21H22N6O2/c1-18-15-22-23(16-24(18)37-21-7-5-6-8-21)34(26-25(31-22)27(35)33-28(36)32-26)14-13-30-17-19-9-11-20(12-10-19)29(2,3)4;1-13-11-17-18(12-14(13)2)29(20-19(26-17)21(30)28-22(31)27-20)10-9-25-23(3,4)15-5-7-16(24)8-6-15;1-13-10-16-17(11-14(13)2)27(19-18(23-16)20(28)25-21(29)24-19)9-8-26(3)12-15-6-4-5-7-22-15/h9-12,15-16,21,30H,5-8,13-14,17H2,1-4H3,(H,33,35,36);5-8,11-12,25H,9-10H2,1-4H3,(H,28,30,31);4-7,10-11H,8-9,12H2,1-3H3,(H,25,28,29). The average Bonchev–Trinajstić information content (AvgIpc) is 0.850. The number of hydrogen-bond acceptors (Lipinski definition) is 17. The summed E-state index contributed by atoms with van der Waals surface area (Å²) in [6.45, 7) is 25.7. The second kappa shape index (κ2) is 28.8. The zero-order chi connectivity index (χ0) is 69.0. The van der Waals surface area contributed by atoms with Crippen LogP contribution in [0.3, 0.4) is 0 Å². The number of nitrogens with zero attached hydrogens (tertiary/aromatic N) is 11. The minimum atomic E-state index is -0.675. The molecule has 1 aromatic heterocycles. The number of aryl methyl sites for hydroxylation is 5. The van der Waals surface area contributed by atoms with Crippen molar-refractivity contribution >= 4 is 44.7 Å². The van der Waals surface area contributed by atoms with Crippen LogP contribution in [-0.2, 0) is 43.7 Å². The Morgan fingerprint density at radius 2 is 1.02 bits per heavy atom. The van der Waals surface area contributed by atoms with Gasteiger partial charge in [0.05, 0.1) is 44.9 Å². The highest BCUT2D eigenvalue weighted by atomic mass is 35.5. The molecular weight excluding hydrogens is 1250 g/mol. The molecule has 1 aliphatic carbocycles. The van der Waals surface area contributed by atoms with Gasteiger partial charge in [-0.25, -0.2) is 29.3 Å². The molecule has 0 spiro atoms. The number of rotatable bonds is 17. The van der Waals surface area contributed by atoms with Gasteiger partial charge in [-0.2, -0.15) is 15.0 Å². The molecule has 6 aliphatic heterocycles. The van der Waals surface area contributed by atoms with Gasteiger partial charge in [0.2, 0.25) is 0 Å². The van der Waals surface area contributed by atoms with Crippen LogP contribution in [0.15, 0.2) is 138 Å². The van der Waals surface area contributed by atoms with Gasteiger partial charge in [-0.3, -0.25) is 39.2 Å². The van der Waals surface area contributed by atoms with Crippen LogP contribution in [0.5, 0.6) is 5.75 Å². The molecule has 7 heterocycles. The molecule has 0 saturated heterocycles. The summed E-state index contributed by atoms with van der Waals surface area (Å²) in [5, 5.41) is 7.73. The number of halogens is 1. The minimum Gasteiger partial charge on any atom is -0.490 e. The van der Waals surface area contributed by atoms with Crippen molar-refractivity contribution in [3.63, 3.8) is 0 Å². The molecule has 1 saturated carbocycles. The van der Waals surface area contributed by atoms with Crippen molar-refractivity contribution in [3.05, 3.63) is 227 Å². The van der Waals surface area contributed by atoms with E-state index in [-0.39, 0.29) is 45.8 Å². The fraction of sp³-hybridized carbons (Fsp3) is 0.356. The van der Waals surface area contributed by atoms with Gasteiger partial charge < -0.3 is 29.1 Å². The molecule has 5 N–H and O–H groups in total. The average molecular weight is 1330 g/mol. The summed E-state index contributed by atoms with van der Waals surface area (Å²) < 4.78 is 12.1. The monoisotopic (exact) mass is 1330 g/mol. The highest BCUT2D eigenvalue weighted by molar-refractivity contribution is 6.30. The molecule has 6 aromatic rings. The molecule has 0 radical (unpaired) electrons. The lowest BCUT2D eigenvalue weighted by Gasteiger charge is -2.28. The third kappa shape index (κ3) is 15.8. The lowest BCUT2D eigenvalue weighted by molar-refractivity contribution is 0.209. The van der Waals surface area contributed by atoms with E-state index in [0.717, 1.165) is 74.2 Å². The zero-order valence-electron chi connectivity index (χ0n) is 56.6. The number of likely N-dealkylation sites (N-methyl/N-ethyl adjacent to an activating group) is 1. The van der Waals surface area contributed by atoms with E-state index in [4.69, 9.17) is 16.3 Å². The number of aromatic amines is 3. The Bertz CT molecular complexity index is 5130. The highest BCUT2D eigenvalue weighted by Crippen LogP contribution is 2.33. The lowest BCUT2D eigenvalue weighted by atomic mass is 9.87. The van der Waals surface area contributed by atoms with E-state index in [9.17, 15) is 28.8 Å². The van der Waals surface area contributed by atoms with Crippen LogP contribution in [0, 0.1) is 34.6 Å². The van der Waals surface area contributed by atoms with Crippen molar-refractivity contribution in [2.75, 3.05) is 26.7 Å². The maximum atomic E-state index is 12.6. The van der Waals surface area contributed by atoms with Crippen LogP contribution in [-0.4, -0.2) is 101 Å². The number of ether oxygens (including phenoxy) is 1. The van der Waals surface area contributed by atoms with Crippen molar-refractivity contribution in [1.29, 1.82) is 0 Å². The van der Waals surface area contributed by atoms with Crippen molar-refractivity contribution in [1.82, 2.24) is 79.1 Å². The van der Waals surface area contributed by atoms with E-state index in [2.05, 4.69) is 124 Å². The van der Waals surface area contributed by atoms with Gasteiger partial charge >= 0.3 is 17.1 Å². The molecule has 502 valence electrons. The summed E-state index contributed by atoms with van der Waals surface area (Å²) in [6, 6.07) is 34.1. The zero-order valence-corrected chi connectivity index (χ0v) is 57.4. The summed E-state index contributed by atoms with van der Waals surface area (Å²) in [7, 11) is 2.01. The first-order chi connectivity index (χ1) is 46.3. The number of nitrogens with one attached hydrogen (secondary N) is 5. The Morgan fingerprint density at radius 1 is 0.557 bits per heavy atom. The molecular formula is C73H81ClN16O7. The maximum Gasteiger partial charge on any atom is 0.349 e. The van der Waals surface area contributed by atoms with Gasteiger partial charge in [0.1, 0.15) is 5.75 Å². The molecule has 0 bridgehead atoms. The lowest BCUT2D eigenvalue weighted by Crippen LogP contribution is -2.39. The Hall–Kier alpha value is -9.94. The van der Waals surface area contributed by atoms with E-state index in [1.54, 1.807) is 6.20 Å². The van der Waals surface area contributed by atoms with E-state index in [1.807, 2.05) is 134 Å². The van der Waals surface area contributed by atoms with Crippen LogP contribution in [0.4, 0.5) is 0 Å². The molecule has 23 nitrogen and oxygen atoms in total. The molecule has 97 heavy (non-hydrogen) atoms. The molecule has 5 aromatic carbocycles. The number of fused-ring (bicyclic) bond motifs is 6. The first-order valence-corrected chi connectivity index (χ1v) is 33.0. The predicted molar refractivity (Wildman–Crippen MR) is 380 cm³/mol. The Kier molecular flexibility index (Phi) is 20.3. The molecule has 13 rings (SSSR count). The third-order valence-corrected chi connectivity index (χ3v) is 18.2. The Labute approximate surface area is 564 Å². The van der Waals surface area contributed by atoms with Crippen molar-refractivity contribution < 1.29 is 4.74 Å². The van der Waals surface area contributed by atoms with Crippen molar-refractivity contribution in [2.45, 2.75) is 145 Å².